The molecule has 3 rings (SSSR count). The lowest BCUT2D eigenvalue weighted by Gasteiger charge is -2.32. The van der Waals surface area contributed by atoms with E-state index in [-0.39, 0.29) is 17.9 Å². The van der Waals surface area contributed by atoms with Crippen LogP contribution in [0.2, 0.25) is 5.02 Å². The van der Waals surface area contributed by atoms with Gasteiger partial charge in [0.05, 0.1) is 0 Å². The molecule has 0 heterocycles. The van der Waals surface area contributed by atoms with E-state index in [4.69, 9.17) is 11.6 Å². The lowest BCUT2D eigenvalue weighted by Crippen LogP contribution is -2.52. The van der Waals surface area contributed by atoms with Crippen LogP contribution in [0.5, 0.6) is 0 Å². The van der Waals surface area contributed by atoms with E-state index < -0.39 is 6.04 Å². The first kappa shape index (κ1) is 28.5. The molecule has 0 radical (unpaired) electrons. The summed E-state index contributed by atoms with van der Waals surface area (Å²) in [6.07, 6.45) is 2.20. The molecule has 2 amide bonds. The number of halogens is 1. The highest BCUT2D eigenvalue weighted by Gasteiger charge is 2.30. The maximum atomic E-state index is 13.8. The number of hydrogen-bond donors (Lipinski definition) is 1. The van der Waals surface area contributed by atoms with E-state index in [1.54, 1.807) is 4.90 Å². The SMILES string of the molecule is CCC(C)NC(=O)C(Cc1ccccc1)N(Cc1cccc(Cl)c1)C(=O)CCc1ccc(C(C)C)cc1. The molecule has 0 aromatic heterocycles. The zero-order chi connectivity index (χ0) is 26.8. The van der Waals surface area contributed by atoms with E-state index >= 15 is 0 Å². The van der Waals surface area contributed by atoms with Crippen LogP contribution in [0.25, 0.3) is 0 Å². The van der Waals surface area contributed by atoms with Crippen LogP contribution in [0.4, 0.5) is 0 Å². The maximum Gasteiger partial charge on any atom is 0.243 e. The highest BCUT2D eigenvalue weighted by molar-refractivity contribution is 6.30. The average Bonchev–Trinajstić information content (AvgIpc) is 2.90. The molecule has 1 N–H and O–H groups in total. The summed E-state index contributed by atoms with van der Waals surface area (Å²) in [7, 11) is 0. The fourth-order valence-corrected chi connectivity index (χ4v) is 4.50. The summed E-state index contributed by atoms with van der Waals surface area (Å²) in [6, 6.07) is 25.2. The van der Waals surface area contributed by atoms with Crippen LogP contribution in [-0.2, 0) is 29.0 Å². The standard InChI is InChI=1S/C32H39ClN2O2/c1-5-24(4)34-32(37)30(21-26-10-7-6-8-11-26)35(22-27-12-9-13-29(33)20-27)31(36)19-16-25-14-17-28(18-15-25)23(2)3/h6-15,17-18,20,23-24,30H,5,16,19,21-22H2,1-4H3,(H,34,37). The molecule has 0 fully saturated rings. The minimum atomic E-state index is -0.633. The lowest BCUT2D eigenvalue weighted by molar-refractivity contribution is -0.141. The normalized spacial score (nSPS) is 12.7. The quantitative estimate of drug-likeness (QED) is 0.282. The van der Waals surface area contributed by atoms with Gasteiger partial charge in [-0.1, -0.05) is 99.1 Å². The Morgan fingerprint density at radius 1 is 0.865 bits per heavy atom. The number of benzene rings is 3. The predicted octanol–water partition coefficient (Wildman–Crippen LogP) is 6.95. The van der Waals surface area contributed by atoms with Gasteiger partial charge < -0.3 is 10.2 Å². The zero-order valence-electron chi connectivity index (χ0n) is 22.4. The molecule has 0 spiro atoms. The summed E-state index contributed by atoms with van der Waals surface area (Å²) in [5.74, 6) is 0.287. The van der Waals surface area contributed by atoms with Gasteiger partial charge in [0.25, 0.3) is 0 Å². The molecular formula is C32H39ClN2O2. The molecule has 0 aliphatic carbocycles. The summed E-state index contributed by atoms with van der Waals surface area (Å²) < 4.78 is 0. The van der Waals surface area contributed by atoms with Crippen molar-refractivity contribution in [3.63, 3.8) is 0 Å². The third-order valence-electron chi connectivity index (χ3n) is 6.79. The van der Waals surface area contributed by atoms with Crippen molar-refractivity contribution in [2.45, 2.75) is 77.9 Å². The molecule has 2 atom stereocenters. The maximum absolute atomic E-state index is 13.8. The van der Waals surface area contributed by atoms with Gasteiger partial charge in [0.1, 0.15) is 6.04 Å². The molecule has 0 saturated heterocycles. The second-order valence-electron chi connectivity index (χ2n) is 10.1. The predicted molar refractivity (Wildman–Crippen MR) is 153 cm³/mol. The van der Waals surface area contributed by atoms with Gasteiger partial charge in [0.2, 0.25) is 11.8 Å². The summed E-state index contributed by atoms with van der Waals surface area (Å²) in [4.78, 5) is 29.1. The van der Waals surface area contributed by atoms with Crippen molar-refractivity contribution in [3.05, 3.63) is 106 Å². The van der Waals surface area contributed by atoms with Gasteiger partial charge in [-0.05, 0) is 60.1 Å². The third kappa shape index (κ3) is 8.75. The summed E-state index contributed by atoms with van der Waals surface area (Å²) in [5, 5.41) is 3.72. The van der Waals surface area contributed by atoms with Crippen molar-refractivity contribution in [2.75, 3.05) is 0 Å². The van der Waals surface area contributed by atoms with Crippen LogP contribution in [0.1, 0.15) is 68.7 Å². The van der Waals surface area contributed by atoms with Gasteiger partial charge >= 0.3 is 0 Å². The van der Waals surface area contributed by atoms with Crippen LogP contribution in [0.15, 0.2) is 78.9 Å². The molecular weight excluding hydrogens is 480 g/mol. The number of carbonyl (C=O) groups excluding carboxylic acids is 2. The second-order valence-corrected chi connectivity index (χ2v) is 10.5. The Hall–Kier alpha value is -3.11. The second kappa shape index (κ2) is 14.0. The monoisotopic (exact) mass is 518 g/mol. The molecule has 5 heteroatoms. The van der Waals surface area contributed by atoms with Crippen molar-refractivity contribution in [2.24, 2.45) is 0 Å². The van der Waals surface area contributed by atoms with Gasteiger partial charge in [-0.15, -0.1) is 0 Å². The highest BCUT2D eigenvalue weighted by atomic mass is 35.5. The Morgan fingerprint density at radius 3 is 2.16 bits per heavy atom. The fourth-order valence-electron chi connectivity index (χ4n) is 4.29. The number of nitrogens with one attached hydrogen (secondary N) is 1. The molecule has 37 heavy (non-hydrogen) atoms. The Balaban J connectivity index is 1.89. The minimum Gasteiger partial charge on any atom is -0.352 e. The topological polar surface area (TPSA) is 49.4 Å². The van der Waals surface area contributed by atoms with Crippen molar-refractivity contribution < 1.29 is 9.59 Å². The molecule has 3 aromatic rings. The highest BCUT2D eigenvalue weighted by Crippen LogP contribution is 2.20. The number of carbonyl (C=O) groups is 2. The Kier molecular flexibility index (Phi) is 10.8. The molecule has 196 valence electrons. The molecule has 0 bridgehead atoms. The molecule has 4 nitrogen and oxygen atoms in total. The Labute approximate surface area is 227 Å². The van der Waals surface area contributed by atoms with Crippen molar-refractivity contribution in [1.82, 2.24) is 10.2 Å². The van der Waals surface area contributed by atoms with Crippen molar-refractivity contribution in [3.8, 4) is 0 Å². The van der Waals surface area contributed by atoms with Gasteiger partial charge in [-0.3, -0.25) is 9.59 Å². The van der Waals surface area contributed by atoms with Crippen molar-refractivity contribution >= 4 is 23.4 Å². The van der Waals surface area contributed by atoms with E-state index in [1.807, 2.05) is 68.4 Å². The van der Waals surface area contributed by atoms with Crippen LogP contribution < -0.4 is 5.32 Å². The van der Waals surface area contributed by atoms with Gasteiger partial charge in [0.15, 0.2) is 0 Å². The van der Waals surface area contributed by atoms with Gasteiger partial charge in [-0.2, -0.15) is 0 Å². The first-order valence-corrected chi connectivity index (χ1v) is 13.6. The smallest absolute Gasteiger partial charge is 0.243 e. The third-order valence-corrected chi connectivity index (χ3v) is 7.02. The van der Waals surface area contributed by atoms with Crippen LogP contribution >= 0.6 is 11.6 Å². The molecule has 2 unspecified atom stereocenters. The first-order chi connectivity index (χ1) is 17.8. The summed E-state index contributed by atoms with van der Waals surface area (Å²) in [6.45, 7) is 8.68. The molecule has 3 aromatic carbocycles. The van der Waals surface area contributed by atoms with Crippen LogP contribution in [0.3, 0.4) is 0 Å². The number of hydrogen-bond acceptors (Lipinski definition) is 2. The molecule has 0 aliphatic heterocycles. The Morgan fingerprint density at radius 2 is 1.54 bits per heavy atom. The molecule has 0 saturated carbocycles. The van der Waals surface area contributed by atoms with E-state index in [9.17, 15) is 9.59 Å². The summed E-state index contributed by atoms with van der Waals surface area (Å²) in [5.41, 5.74) is 4.31. The minimum absolute atomic E-state index is 0.0216. The zero-order valence-corrected chi connectivity index (χ0v) is 23.2. The fraction of sp³-hybridized carbons (Fsp3) is 0.375. The largest absolute Gasteiger partial charge is 0.352 e. The van der Waals surface area contributed by atoms with E-state index in [0.717, 1.165) is 23.1 Å². The first-order valence-electron chi connectivity index (χ1n) is 13.2. The average molecular weight is 519 g/mol. The van der Waals surface area contributed by atoms with E-state index in [0.29, 0.717) is 36.7 Å². The van der Waals surface area contributed by atoms with Crippen LogP contribution in [-0.4, -0.2) is 28.8 Å². The van der Waals surface area contributed by atoms with Gasteiger partial charge in [0, 0.05) is 30.5 Å². The molecule has 0 aliphatic rings. The number of aryl methyl sites for hydroxylation is 1. The van der Waals surface area contributed by atoms with Crippen LogP contribution in [0, 0.1) is 0 Å². The van der Waals surface area contributed by atoms with E-state index in [2.05, 4.69) is 43.4 Å². The lowest BCUT2D eigenvalue weighted by atomic mass is 9.99. The Bertz CT molecular complexity index is 1140. The number of amides is 2. The number of rotatable bonds is 12. The van der Waals surface area contributed by atoms with Gasteiger partial charge in [-0.25, -0.2) is 0 Å². The van der Waals surface area contributed by atoms with E-state index in [1.165, 1.54) is 5.56 Å². The summed E-state index contributed by atoms with van der Waals surface area (Å²) >= 11 is 6.26. The van der Waals surface area contributed by atoms with Crippen molar-refractivity contribution in [1.29, 1.82) is 0 Å². The number of nitrogens with zero attached hydrogens (tertiary/aromatic N) is 1.